The molecular formula is C15H19N3O3S. The third-order valence-electron chi connectivity index (χ3n) is 4.42. The molecule has 2 unspecified atom stereocenters. The van der Waals surface area contributed by atoms with E-state index in [0.717, 1.165) is 15.9 Å². The number of hydrogen-bond acceptors (Lipinski definition) is 4. The van der Waals surface area contributed by atoms with Crippen molar-refractivity contribution in [3.05, 3.63) is 16.6 Å². The first kappa shape index (κ1) is 15.0. The minimum Gasteiger partial charge on any atom is -0.481 e. The van der Waals surface area contributed by atoms with Crippen LogP contribution in [-0.4, -0.2) is 44.8 Å². The summed E-state index contributed by atoms with van der Waals surface area (Å²) in [5.41, 5.74) is 0.922. The van der Waals surface area contributed by atoms with Crippen LogP contribution in [0.15, 0.2) is 6.07 Å². The van der Waals surface area contributed by atoms with Crippen molar-refractivity contribution in [1.82, 2.24) is 14.7 Å². The van der Waals surface area contributed by atoms with Gasteiger partial charge >= 0.3 is 5.97 Å². The molecule has 1 aliphatic rings. The lowest BCUT2D eigenvalue weighted by Gasteiger charge is -2.34. The summed E-state index contributed by atoms with van der Waals surface area (Å²) in [6, 6.07) is 1.90. The zero-order chi connectivity index (χ0) is 16.0. The number of nitrogens with zero attached hydrogens (tertiary/aromatic N) is 3. The minimum absolute atomic E-state index is 0.00344. The Morgan fingerprint density at radius 1 is 1.45 bits per heavy atom. The van der Waals surface area contributed by atoms with E-state index in [4.69, 9.17) is 5.11 Å². The second-order valence-corrected chi connectivity index (χ2v) is 7.03. The summed E-state index contributed by atoms with van der Waals surface area (Å²) in [6.07, 6.45) is 0.522. The van der Waals surface area contributed by atoms with Gasteiger partial charge < -0.3 is 10.0 Å². The van der Waals surface area contributed by atoms with Crippen LogP contribution in [0.5, 0.6) is 0 Å². The first-order chi connectivity index (χ1) is 10.4. The Labute approximate surface area is 132 Å². The normalized spacial score (nSPS) is 22.2. The molecule has 0 aliphatic carbocycles. The number of hydrogen-bond donors (Lipinski definition) is 1. The Morgan fingerprint density at radius 2 is 2.18 bits per heavy atom. The molecule has 1 amide bonds. The smallest absolute Gasteiger partial charge is 0.306 e. The van der Waals surface area contributed by atoms with Crippen LogP contribution in [0, 0.1) is 18.8 Å². The van der Waals surface area contributed by atoms with Crippen molar-refractivity contribution < 1.29 is 14.7 Å². The molecule has 1 N–H and O–H groups in total. The maximum Gasteiger partial charge on any atom is 0.306 e. The average molecular weight is 321 g/mol. The highest BCUT2D eigenvalue weighted by molar-refractivity contribution is 7.20. The fourth-order valence-corrected chi connectivity index (χ4v) is 4.25. The molecule has 3 heterocycles. The lowest BCUT2D eigenvalue weighted by molar-refractivity contribution is -0.145. The quantitative estimate of drug-likeness (QED) is 0.919. The first-order valence-corrected chi connectivity index (χ1v) is 8.15. The topological polar surface area (TPSA) is 75.4 Å². The third kappa shape index (κ3) is 2.39. The Bertz CT molecular complexity index is 714. The van der Waals surface area contributed by atoms with E-state index in [-0.39, 0.29) is 17.7 Å². The highest BCUT2D eigenvalue weighted by atomic mass is 32.1. The fourth-order valence-electron chi connectivity index (χ4n) is 3.16. The number of aromatic nitrogens is 2. The summed E-state index contributed by atoms with van der Waals surface area (Å²) in [4.78, 5) is 27.3. The first-order valence-electron chi connectivity index (χ1n) is 7.33. The van der Waals surface area contributed by atoms with Crippen molar-refractivity contribution in [2.24, 2.45) is 18.9 Å². The number of carbonyl (C=O) groups is 2. The van der Waals surface area contributed by atoms with Crippen LogP contribution in [0.4, 0.5) is 0 Å². The van der Waals surface area contributed by atoms with Crippen LogP contribution < -0.4 is 0 Å². The molecule has 6 nitrogen and oxygen atoms in total. The predicted molar refractivity (Wildman–Crippen MR) is 84.1 cm³/mol. The molecule has 1 fully saturated rings. The van der Waals surface area contributed by atoms with Crippen molar-refractivity contribution >= 4 is 33.4 Å². The van der Waals surface area contributed by atoms with Gasteiger partial charge in [0.15, 0.2) is 0 Å². The van der Waals surface area contributed by atoms with Crippen LogP contribution in [0.1, 0.15) is 28.7 Å². The highest BCUT2D eigenvalue weighted by Gasteiger charge is 2.33. The molecule has 0 radical (unpaired) electrons. The molecule has 0 spiro atoms. The number of carboxylic acid groups (broad SMARTS) is 1. The van der Waals surface area contributed by atoms with E-state index in [9.17, 15) is 9.59 Å². The monoisotopic (exact) mass is 321 g/mol. The summed E-state index contributed by atoms with van der Waals surface area (Å²) >= 11 is 1.45. The van der Waals surface area contributed by atoms with Gasteiger partial charge in [-0.05, 0) is 25.3 Å². The van der Waals surface area contributed by atoms with Gasteiger partial charge in [-0.15, -0.1) is 11.3 Å². The molecule has 2 atom stereocenters. The van der Waals surface area contributed by atoms with Crippen LogP contribution in [0.25, 0.3) is 10.2 Å². The number of aliphatic carboxylic acids is 1. The van der Waals surface area contributed by atoms with Gasteiger partial charge in [-0.3, -0.25) is 14.3 Å². The molecule has 7 heteroatoms. The highest BCUT2D eigenvalue weighted by Crippen LogP contribution is 2.30. The molecule has 22 heavy (non-hydrogen) atoms. The molecule has 2 aromatic heterocycles. The zero-order valence-corrected chi connectivity index (χ0v) is 13.7. The van der Waals surface area contributed by atoms with E-state index < -0.39 is 5.97 Å². The van der Waals surface area contributed by atoms with Crippen LogP contribution in [0.2, 0.25) is 0 Å². The van der Waals surface area contributed by atoms with E-state index in [1.807, 2.05) is 27.0 Å². The van der Waals surface area contributed by atoms with Gasteiger partial charge in [-0.25, -0.2) is 0 Å². The van der Waals surface area contributed by atoms with Gasteiger partial charge in [0.1, 0.15) is 4.83 Å². The molecule has 1 saturated heterocycles. The molecule has 2 aromatic rings. The SMILES string of the molecule is Cc1nn(C)c2sc(C(=O)N3CCC(C(=O)O)C(C)C3)cc12. The van der Waals surface area contributed by atoms with Crippen molar-refractivity contribution in [2.75, 3.05) is 13.1 Å². The van der Waals surface area contributed by atoms with Gasteiger partial charge in [-0.1, -0.05) is 6.92 Å². The Kier molecular flexibility index (Phi) is 3.68. The lowest BCUT2D eigenvalue weighted by atomic mass is 9.87. The summed E-state index contributed by atoms with van der Waals surface area (Å²) < 4.78 is 1.80. The van der Waals surface area contributed by atoms with Gasteiger partial charge in [0.25, 0.3) is 5.91 Å². The van der Waals surface area contributed by atoms with E-state index in [1.54, 1.807) is 9.58 Å². The number of fused-ring (bicyclic) bond motifs is 1. The molecular weight excluding hydrogens is 302 g/mol. The molecule has 118 valence electrons. The lowest BCUT2D eigenvalue weighted by Crippen LogP contribution is -2.44. The summed E-state index contributed by atoms with van der Waals surface area (Å²) in [7, 11) is 1.88. The number of thiophene rings is 1. The summed E-state index contributed by atoms with van der Waals surface area (Å²) in [5, 5.41) is 14.5. The number of carboxylic acids is 1. The van der Waals surface area contributed by atoms with E-state index in [2.05, 4.69) is 5.10 Å². The number of carbonyl (C=O) groups excluding carboxylic acids is 1. The molecule has 0 bridgehead atoms. The Balaban J connectivity index is 1.81. The van der Waals surface area contributed by atoms with E-state index in [1.165, 1.54) is 11.3 Å². The van der Waals surface area contributed by atoms with Gasteiger partial charge in [0.05, 0.1) is 16.5 Å². The molecule has 1 aliphatic heterocycles. The fraction of sp³-hybridized carbons (Fsp3) is 0.533. The van der Waals surface area contributed by atoms with Crippen LogP contribution in [0.3, 0.4) is 0 Å². The van der Waals surface area contributed by atoms with Crippen molar-refractivity contribution in [3.63, 3.8) is 0 Å². The van der Waals surface area contributed by atoms with Crippen molar-refractivity contribution in [1.29, 1.82) is 0 Å². The zero-order valence-electron chi connectivity index (χ0n) is 12.9. The maximum absolute atomic E-state index is 12.7. The summed E-state index contributed by atoms with van der Waals surface area (Å²) in [5.74, 6) is -1.13. The Morgan fingerprint density at radius 3 is 2.77 bits per heavy atom. The van der Waals surface area contributed by atoms with Gasteiger partial charge in [0.2, 0.25) is 0 Å². The Hall–Kier alpha value is -1.89. The number of amides is 1. The van der Waals surface area contributed by atoms with Gasteiger partial charge in [-0.2, -0.15) is 5.10 Å². The maximum atomic E-state index is 12.7. The second-order valence-electron chi connectivity index (χ2n) is 6.00. The minimum atomic E-state index is -0.761. The van der Waals surface area contributed by atoms with E-state index in [0.29, 0.717) is 24.4 Å². The molecule has 0 aromatic carbocycles. The molecule has 3 rings (SSSR count). The number of rotatable bonds is 2. The van der Waals surface area contributed by atoms with Crippen molar-refractivity contribution in [2.45, 2.75) is 20.3 Å². The van der Waals surface area contributed by atoms with E-state index >= 15 is 0 Å². The van der Waals surface area contributed by atoms with Crippen LogP contribution >= 0.6 is 11.3 Å². The third-order valence-corrected chi connectivity index (χ3v) is 5.61. The predicted octanol–water partition coefficient (Wildman–Crippen LogP) is 2.13. The number of likely N-dealkylation sites (tertiary alicyclic amines) is 1. The average Bonchev–Trinajstić information content (AvgIpc) is 3.00. The molecule has 0 saturated carbocycles. The van der Waals surface area contributed by atoms with Crippen LogP contribution in [-0.2, 0) is 11.8 Å². The number of piperidine rings is 1. The standard InChI is InChI=1S/C15H19N3O3S/c1-8-7-18(5-4-10(8)15(20)21)13(19)12-6-11-9(2)16-17(3)14(11)22-12/h6,8,10H,4-5,7H2,1-3H3,(H,20,21). The second kappa shape index (κ2) is 5.39. The van der Waals surface area contributed by atoms with Gasteiger partial charge in [0, 0.05) is 25.5 Å². The summed E-state index contributed by atoms with van der Waals surface area (Å²) in [6.45, 7) is 4.84. The van der Waals surface area contributed by atoms with Crippen molar-refractivity contribution in [3.8, 4) is 0 Å². The number of aryl methyl sites for hydroxylation is 2. The largest absolute Gasteiger partial charge is 0.481 e.